The molecule has 0 fully saturated rings. The van der Waals surface area contributed by atoms with Crippen LogP contribution in [0.2, 0.25) is 10.0 Å². The summed E-state index contributed by atoms with van der Waals surface area (Å²) in [5.41, 5.74) is 2.65. The number of rotatable bonds is 10. The molecule has 0 radical (unpaired) electrons. The van der Waals surface area contributed by atoms with E-state index in [4.69, 9.17) is 37.9 Å². The van der Waals surface area contributed by atoms with Crippen LogP contribution >= 0.6 is 23.2 Å². The molecule has 1 unspecified atom stereocenters. The van der Waals surface area contributed by atoms with Crippen LogP contribution in [0.15, 0.2) is 77.8 Å². The van der Waals surface area contributed by atoms with E-state index in [0.29, 0.717) is 28.1 Å². The van der Waals surface area contributed by atoms with Gasteiger partial charge in [-0.3, -0.25) is 4.79 Å². The van der Waals surface area contributed by atoms with Gasteiger partial charge in [0.15, 0.2) is 6.19 Å². The van der Waals surface area contributed by atoms with Crippen LogP contribution < -0.4 is 10.1 Å². The predicted octanol–water partition coefficient (Wildman–Crippen LogP) is 7.19. The van der Waals surface area contributed by atoms with E-state index in [0.717, 1.165) is 30.4 Å². The first kappa shape index (κ1) is 27.1. The summed E-state index contributed by atoms with van der Waals surface area (Å²) in [4.78, 5) is 16.7. The number of nitrogens with one attached hydrogen (secondary N) is 1. The fraction of sp³-hybridized carbons (Fsp3) is 0.250. The van der Waals surface area contributed by atoms with Crippen molar-refractivity contribution in [3.05, 3.63) is 94.0 Å². The van der Waals surface area contributed by atoms with Gasteiger partial charge in [-0.15, -0.1) is 0 Å². The molecule has 0 saturated heterocycles. The van der Waals surface area contributed by atoms with Crippen molar-refractivity contribution in [2.75, 3.05) is 6.61 Å². The molecule has 1 atom stereocenters. The summed E-state index contributed by atoms with van der Waals surface area (Å²) in [7, 11) is 0. The Bertz CT molecular complexity index is 1210. The molecule has 186 valence electrons. The molecule has 0 saturated carbocycles. The van der Waals surface area contributed by atoms with Gasteiger partial charge in [-0.2, -0.15) is 10.3 Å². The average molecular weight is 524 g/mol. The molecule has 0 aliphatic rings. The number of nitrogens with zero attached hydrogens (tertiary/aromatic N) is 2. The highest BCUT2D eigenvalue weighted by molar-refractivity contribution is 6.34. The highest BCUT2D eigenvalue weighted by atomic mass is 35.5. The summed E-state index contributed by atoms with van der Waals surface area (Å²) in [5.74, 6) is 0.266. The number of nitriles is 1. The number of esters is 1. The summed E-state index contributed by atoms with van der Waals surface area (Å²) in [6, 6.07) is 22.3. The first-order valence-electron chi connectivity index (χ1n) is 11.6. The SMILES string of the molecule is CCOC(=O)CC(CCCc1cccc(N=C(NC#N)Oc2ccccc2)c1)c1cc(Cl)cc(Cl)c1. The van der Waals surface area contributed by atoms with Crippen LogP contribution in [-0.4, -0.2) is 18.6 Å². The first-order valence-corrected chi connectivity index (χ1v) is 12.4. The van der Waals surface area contributed by atoms with Crippen LogP contribution in [-0.2, 0) is 16.0 Å². The standard InChI is InChI=1S/C28H27Cl2N3O3/c1-2-35-27(34)17-21(22-15-23(29)18-24(30)16-22)10-6-8-20-9-7-11-25(14-20)33-28(32-19-31)36-26-12-4-3-5-13-26/h3-5,7,9,11-16,18,21H,2,6,8,10,17H2,1H3,(H,32,33). The smallest absolute Gasteiger partial charge is 0.309 e. The van der Waals surface area contributed by atoms with Gasteiger partial charge in [0.1, 0.15) is 5.75 Å². The Hall–Kier alpha value is -3.53. The highest BCUT2D eigenvalue weighted by Gasteiger charge is 2.18. The Morgan fingerprint density at radius 2 is 1.81 bits per heavy atom. The number of para-hydroxylation sites is 1. The number of benzene rings is 3. The van der Waals surface area contributed by atoms with E-state index in [1.54, 1.807) is 25.1 Å². The Morgan fingerprint density at radius 3 is 2.50 bits per heavy atom. The van der Waals surface area contributed by atoms with Gasteiger partial charge >= 0.3 is 12.0 Å². The number of aliphatic imine (C=N–C) groups is 1. The fourth-order valence-corrected chi connectivity index (χ4v) is 4.34. The lowest BCUT2D eigenvalue weighted by Gasteiger charge is -2.17. The average Bonchev–Trinajstić information content (AvgIpc) is 2.84. The van der Waals surface area contributed by atoms with Gasteiger partial charge in [0.2, 0.25) is 0 Å². The Kier molecular flexibility index (Phi) is 10.6. The Labute approximate surface area is 221 Å². The van der Waals surface area contributed by atoms with Crippen molar-refractivity contribution in [1.82, 2.24) is 5.32 Å². The maximum atomic E-state index is 12.2. The molecular formula is C28H27Cl2N3O3. The van der Waals surface area contributed by atoms with Crippen LogP contribution in [0.5, 0.6) is 5.75 Å². The lowest BCUT2D eigenvalue weighted by atomic mass is 9.90. The van der Waals surface area contributed by atoms with Gasteiger partial charge in [-0.05, 0) is 85.7 Å². The second kappa shape index (κ2) is 14.1. The molecule has 36 heavy (non-hydrogen) atoms. The molecule has 3 aromatic rings. The molecule has 0 bridgehead atoms. The molecule has 0 aliphatic carbocycles. The zero-order valence-corrected chi connectivity index (χ0v) is 21.4. The summed E-state index contributed by atoms with van der Waals surface area (Å²) in [5, 5.41) is 12.6. The number of hydrogen-bond donors (Lipinski definition) is 1. The van der Waals surface area contributed by atoms with Crippen LogP contribution in [0.4, 0.5) is 5.69 Å². The molecule has 0 aliphatic heterocycles. The number of aryl methyl sites for hydroxylation is 1. The Morgan fingerprint density at radius 1 is 1.06 bits per heavy atom. The third-order valence-corrected chi connectivity index (χ3v) is 5.79. The molecule has 0 spiro atoms. The largest absolute Gasteiger partial charge is 0.466 e. The predicted molar refractivity (Wildman–Crippen MR) is 143 cm³/mol. The molecule has 3 aromatic carbocycles. The van der Waals surface area contributed by atoms with Crippen molar-refractivity contribution >= 4 is 40.9 Å². The monoisotopic (exact) mass is 523 g/mol. The van der Waals surface area contributed by atoms with E-state index in [1.165, 1.54) is 0 Å². The minimum atomic E-state index is -0.245. The second-order valence-electron chi connectivity index (χ2n) is 8.04. The molecule has 0 heterocycles. The number of amidine groups is 1. The molecule has 8 heteroatoms. The minimum Gasteiger partial charge on any atom is -0.466 e. The van der Waals surface area contributed by atoms with E-state index >= 15 is 0 Å². The second-order valence-corrected chi connectivity index (χ2v) is 8.91. The van der Waals surface area contributed by atoms with Crippen molar-refractivity contribution in [2.45, 2.75) is 38.5 Å². The number of carbonyl (C=O) groups is 1. The van der Waals surface area contributed by atoms with Crippen LogP contribution in [0.3, 0.4) is 0 Å². The number of carbonyl (C=O) groups excluding carboxylic acids is 1. The Balaban J connectivity index is 1.69. The van der Waals surface area contributed by atoms with Crippen molar-refractivity contribution < 1.29 is 14.3 Å². The van der Waals surface area contributed by atoms with Crippen molar-refractivity contribution in [1.29, 1.82) is 5.26 Å². The highest BCUT2D eigenvalue weighted by Crippen LogP contribution is 2.31. The van der Waals surface area contributed by atoms with Crippen molar-refractivity contribution in [3.63, 3.8) is 0 Å². The van der Waals surface area contributed by atoms with Gasteiger partial charge in [0.25, 0.3) is 0 Å². The molecule has 0 aromatic heterocycles. The lowest BCUT2D eigenvalue weighted by Crippen LogP contribution is -2.23. The van der Waals surface area contributed by atoms with E-state index in [1.807, 2.05) is 60.8 Å². The third-order valence-electron chi connectivity index (χ3n) is 5.35. The van der Waals surface area contributed by atoms with Gasteiger partial charge in [-0.25, -0.2) is 5.32 Å². The third kappa shape index (κ3) is 8.92. The van der Waals surface area contributed by atoms with E-state index in [9.17, 15) is 4.79 Å². The molecular weight excluding hydrogens is 497 g/mol. The first-order chi connectivity index (χ1) is 17.5. The minimum absolute atomic E-state index is 0.0628. The zero-order chi connectivity index (χ0) is 25.8. The fourth-order valence-electron chi connectivity index (χ4n) is 3.79. The number of halogens is 2. The summed E-state index contributed by atoms with van der Waals surface area (Å²) in [6.45, 7) is 2.13. The normalized spacial score (nSPS) is 11.9. The topological polar surface area (TPSA) is 83.7 Å². The van der Waals surface area contributed by atoms with E-state index < -0.39 is 0 Å². The molecule has 6 nitrogen and oxygen atoms in total. The van der Waals surface area contributed by atoms with E-state index in [-0.39, 0.29) is 24.3 Å². The van der Waals surface area contributed by atoms with Crippen molar-refractivity contribution in [3.8, 4) is 11.9 Å². The molecule has 3 rings (SSSR count). The van der Waals surface area contributed by atoms with Crippen LogP contribution in [0.1, 0.15) is 43.2 Å². The quantitative estimate of drug-likeness (QED) is 0.0998. The molecule has 1 N–H and O–H groups in total. The van der Waals surface area contributed by atoms with Gasteiger partial charge < -0.3 is 9.47 Å². The summed E-state index contributed by atoms with van der Waals surface area (Å²) >= 11 is 12.4. The zero-order valence-electron chi connectivity index (χ0n) is 19.9. The summed E-state index contributed by atoms with van der Waals surface area (Å²) < 4.78 is 10.9. The number of hydrogen-bond acceptors (Lipinski definition) is 5. The molecule has 0 amide bonds. The van der Waals surface area contributed by atoms with Gasteiger partial charge in [-0.1, -0.05) is 53.5 Å². The summed E-state index contributed by atoms with van der Waals surface area (Å²) in [6.07, 6.45) is 4.47. The van der Waals surface area contributed by atoms with Crippen LogP contribution in [0, 0.1) is 11.5 Å². The van der Waals surface area contributed by atoms with Crippen molar-refractivity contribution in [2.24, 2.45) is 4.99 Å². The van der Waals surface area contributed by atoms with Gasteiger partial charge in [0.05, 0.1) is 18.7 Å². The van der Waals surface area contributed by atoms with Gasteiger partial charge in [0, 0.05) is 10.0 Å². The lowest BCUT2D eigenvalue weighted by molar-refractivity contribution is -0.143. The van der Waals surface area contributed by atoms with Crippen LogP contribution in [0.25, 0.3) is 0 Å². The number of ether oxygens (including phenoxy) is 2. The van der Waals surface area contributed by atoms with E-state index in [2.05, 4.69) is 10.3 Å². The maximum Gasteiger partial charge on any atom is 0.309 e. The maximum absolute atomic E-state index is 12.2.